The fourth-order valence-corrected chi connectivity index (χ4v) is 3.60. The molecule has 144 valence electrons. The molecule has 0 saturated carbocycles. The number of aryl methyl sites for hydroxylation is 1. The molecule has 1 amide bonds. The van der Waals surface area contributed by atoms with Gasteiger partial charge in [0.2, 0.25) is 5.91 Å². The van der Waals surface area contributed by atoms with Gasteiger partial charge in [0.05, 0.1) is 5.25 Å². The first-order chi connectivity index (χ1) is 13.6. The van der Waals surface area contributed by atoms with Crippen molar-refractivity contribution in [1.29, 1.82) is 0 Å². The lowest BCUT2D eigenvalue weighted by Crippen LogP contribution is -2.30. The monoisotopic (exact) mass is 392 g/mol. The fraction of sp³-hybridized carbons (Fsp3) is 0.227. The van der Waals surface area contributed by atoms with Gasteiger partial charge in [-0.1, -0.05) is 78.0 Å². The van der Waals surface area contributed by atoms with Crippen molar-refractivity contribution in [1.82, 2.24) is 20.1 Å². The molecule has 2 aromatic carbocycles. The van der Waals surface area contributed by atoms with Crippen LogP contribution in [-0.2, 0) is 17.9 Å². The van der Waals surface area contributed by atoms with E-state index in [1.54, 1.807) is 0 Å². The number of amides is 1. The van der Waals surface area contributed by atoms with Crippen molar-refractivity contribution >= 4 is 17.7 Å². The number of thioether (sulfide) groups is 1. The first kappa shape index (κ1) is 19.9. The van der Waals surface area contributed by atoms with Crippen LogP contribution in [0.5, 0.6) is 0 Å². The molecule has 0 unspecified atom stereocenters. The van der Waals surface area contributed by atoms with Crippen molar-refractivity contribution in [3.63, 3.8) is 0 Å². The number of nitrogens with one attached hydrogen (secondary N) is 1. The molecule has 3 rings (SSSR count). The van der Waals surface area contributed by atoms with Gasteiger partial charge in [0.25, 0.3) is 0 Å². The molecule has 0 aliphatic carbocycles. The topological polar surface area (TPSA) is 59.8 Å². The molecule has 0 fully saturated rings. The molecule has 0 saturated heterocycles. The summed E-state index contributed by atoms with van der Waals surface area (Å²) < 4.78 is 1.98. The Morgan fingerprint density at radius 3 is 2.57 bits per heavy atom. The molecule has 0 spiro atoms. The van der Waals surface area contributed by atoms with E-state index in [1.165, 1.54) is 17.3 Å². The van der Waals surface area contributed by atoms with Crippen molar-refractivity contribution in [2.75, 3.05) is 0 Å². The fourth-order valence-electron chi connectivity index (χ4n) is 2.72. The molecule has 0 aliphatic rings. The van der Waals surface area contributed by atoms with E-state index in [-0.39, 0.29) is 11.2 Å². The summed E-state index contributed by atoms with van der Waals surface area (Å²) >= 11 is 1.40. The minimum Gasteiger partial charge on any atom is -0.351 e. The molecule has 0 aliphatic heterocycles. The van der Waals surface area contributed by atoms with Crippen LogP contribution in [0.2, 0.25) is 0 Å². The number of aromatic nitrogens is 3. The minimum atomic E-state index is -0.290. The predicted octanol–water partition coefficient (Wildman–Crippen LogP) is 4.24. The summed E-state index contributed by atoms with van der Waals surface area (Å²) in [6, 6.07) is 18.0. The third-order valence-electron chi connectivity index (χ3n) is 4.30. The van der Waals surface area contributed by atoms with Gasteiger partial charge < -0.3 is 5.32 Å². The smallest absolute Gasteiger partial charge is 0.233 e. The Morgan fingerprint density at radius 1 is 1.18 bits per heavy atom. The van der Waals surface area contributed by atoms with Gasteiger partial charge >= 0.3 is 0 Å². The number of rotatable bonds is 8. The summed E-state index contributed by atoms with van der Waals surface area (Å²) in [6.07, 6.45) is 1.81. The number of hydrogen-bond acceptors (Lipinski definition) is 4. The van der Waals surface area contributed by atoms with Gasteiger partial charge in [-0.3, -0.25) is 9.36 Å². The van der Waals surface area contributed by atoms with Crippen molar-refractivity contribution in [2.45, 2.75) is 37.3 Å². The Kier molecular flexibility index (Phi) is 6.66. The molecule has 3 aromatic rings. The lowest BCUT2D eigenvalue weighted by molar-refractivity contribution is -0.120. The lowest BCUT2D eigenvalue weighted by Gasteiger charge is -2.13. The second-order valence-electron chi connectivity index (χ2n) is 6.53. The zero-order valence-corrected chi connectivity index (χ0v) is 16.9. The standard InChI is InChI=1S/C22H24N4OS/c1-4-14-26-20(19-8-6-5-7-9-19)24-25-22(26)28-17(3)21(27)23-15-18-12-10-16(2)11-13-18/h4-13,17H,1,14-15H2,2-3H3,(H,23,27)/t17-/m0/s1. The largest absolute Gasteiger partial charge is 0.351 e. The SMILES string of the molecule is C=CCn1c(S[C@@H](C)C(=O)NCc2ccc(C)cc2)nnc1-c1ccccc1. The maximum Gasteiger partial charge on any atom is 0.233 e. The second-order valence-corrected chi connectivity index (χ2v) is 7.84. The molecule has 0 bridgehead atoms. The molecule has 1 heterocycles. The zero-order chi connectivity index (χ0) is 19.9. The van der Waals surface area contributed by atoms with Gasteiger partial charge in [-0.15, -0.1) is 16.8 Å². The molecular formula is C22H24N4OS. The minimum absolute atomic E-state index is 0.0278. The van der Waals surface area contributed by atoms with Crippen LogP contribution in [-0.4, -0.2) is 25.9 Å². The van der Waals surface area contributed by atoms with Gasteiger partial charge in [0.15, 0.2) is 11.0 Å². The number of carbonyl (C=O) groups is 1. The van der Waals surface area contributed by atoms with Gasteiger partial charge in [0, 0.05) is 18.7 Å². The number of benzene rings is 2. The van der Waals surface area contributed by atoms with Crippen LogP contribution in [0.15, 0.2) is 72.4 Å². The van der Waals surface area contributed by atoms with Gasteiger partial charge in [-0.25, -0.2) is 0 Å². The third-order valence-corrected chi connectivity index (χ3v) is 5.38. The second kappa shape index (κ2) is 9.37. The van der Waals surface area contributed by atoms with Crippen molar-refractivity contribution in [2.24, 2.45) is 0 Å². The van der Waals surface area contributed by atoms with E-state index in [0.717, 1.165) is 17.0 Å². The Labute approximate surface area is 169 Å². The molecule has 1 atom stereocenters. The average Bonchev–Trinajstić information content (AvgIpc) is 3.10. The molecular weight excluding hydrogens is 368 g/mol. The summed E-state index contributed by atoms with van der Waals surface area (Å²) in [5.41, 5.74) is 3.27. The Balaban J connectivity index is 1.68. The molecule has 1 aromatic heterocycles. The summed E-state index contributed by atoms with van der Waals surface area (Å²) in [5.74, 6) is 0.746. The Bertz CT molecular complexity index is 935. The lowest BCUT2D eigenvalue weighted by atomic mass is 10.1. The van der Waals surface area contributed by atoms with E-state index in [9.17, 15) is 4.79 Å². The van der Waals surface area contributed by atoms with E-state index < -0.39 is 0 Å². The van der Waals surface area contributed by atoms with Crippen molar-refractivity contribution < 1.29 is 4.79 Å². The molecule has 0 radical (unpaired) electrons. The van der Waals surface area contributed by atoms with Crippen LogP contribution in [0, 0.1) is 6.92 Å². The normalized spacial score (nSPS) is 11.8. The van der Waals surface area contributed by atoms with E-state index >= 15 is 0 Å². The quantitative estimate of drug-likeness (QED) is 0.460. The summed E-state index contributed by atoms with van der Waals surface area (Å²) in [5, 5.41) is 12.0. The Morgan fingerprint density at radius 2 is 1.89 bits per heavy atom. The number of allylic oxidation sites excluding steroid dienone is 1. The van der Waals surface area contributed by atoms with Gasteiger partial charge in [-0.2, -0.15) is 0 Å². The number of nitrogens with zero attached hydrogens (tertiary/aromatic N) is 3. The van der Waals surface area contributed by atoms with Crippen molar-refractivity contribution in [3.05, 3.63) is 78.4 Å². The molecule has 5 nitrogen and oxygen atoms in total. The summed E-state index contributed by atoms with van der Waals surface area (Å²) in [7, 11) is 0. The highest BCUT2D eigenvalue weighted by Gasteiger charge is 2.20. The summed E-state index contributed by atoms with van der Waals surface area (Å²) in [6.45, 7) is 8.85. The highest BCUT2D eigenvalue weighted by Crippen LogP contribution is 2.27. The molecule has 28 heavy (non-hydrogen) atoms. The van der Waals surface area contributed by atoms with Crippen LogP contribution < -0.4 is 5.32 Å². The Hall–Kier alpha value is -2.86. The van der Waals surface area contributed by atoms with E-state index in [1.807, 2.05) is 79.1 Å². The third kappa shape index (κ3) is 4.89. The summed E-state index contributed by atoms with van der Waals surface area (Å²) in [4.78, 5) is 12.5. The van der Waals surface area contributed by atoms with Gasteiger partial charge in [0.1, 0.15) is 0 Å². The molecule has 6 heteroatoms. The van der Waals surface area contributed by atoms with Crippen LogP contribution in [0.3, 0.4) is 0 Å². The van der Waals surface area contributed by atoms with Gasteiger partial charge in [-0.05, 0) is 19.4 Å². The first-order valence-corrected chi connectivity index (χ1v) is 10.1. The highest BCUT2D eigenvalue weighted by molar-refractivity contribution is 8.00. The maximum absolute atomic E-state index is 12.5. The van der Waals surface area contributed by atoms with Crippen LogP contribution in [0.4, 0.5) is 0 Å². The van der Waals surface area contributed by atoms with E-state index in [0.29, 0.717) is 18.2 Å². The van der Waals surface area contributed by atoms with E-state index in [4.69, 9.17) is 0 Å². The van der Waals surface area contributed by atoms with Crippen LogP contribution >= 0.6 is 11.8 Å². The number of carbonyl (C=O) groups excluding carboxylic acids is 1. The predicted molar refractivity (Wildman–Crippen MR) is 114 cm³/mol. The average molecular weight is 393 g/mol. The highest BCUT2D eigenvalue weighted by atomic mass is 32.2. The zero-order valence-electron chi connectivity index (χ0n) is 16.1. The van der Waals surface area contributed by atoms with Crippen molar-refractivity contribution in [3.8, 4) is 11.4 Å². The van der Waals surface area contributed by atoms with Crippen LogP contribution in [0.25, 0.3) is 11.4 Å². The maximum atomic E-state index is 12.5. The van der Waals surface area contributed by atoms with E-state index in [2.05, 4.69) is 22.1 Å². The molecule has 1 N–H and O–H groups in total. The van der Waals surface area contributed by atoms with Crippen LogP contribution in [0.1, 0.15) is 18.1 Å². The first-order valence-electron chi connectivity index (χ1n) is 9.18. The number of hydrogen-bond donors (Lipinski definition) is 1.